The lowest BCUT2D eigenvalue weighted by Crippen LogP contribution is -2.40. The standard InChI is InChI=1S/C22H27FN2O4S/c1-22(2,3)24-30(27,28)20-13-15(9-12-19(20)29-4)21(26)25(17-10-11-17)14-16-7-5-6-8-18(16)23/h5-9,12-13,17,24H,10-11,14H2,1-4H3. The molecule has 2 aromatic carbocycles. The van der Waals surface area contributed by atoms with E-state index >= 15 is 0 Å². The molecule has 30 heavy (non-hydrogen) atoms. The predicted octanol–water partition coefficient (Wildman–Crippen LogP) is 3.72. The van der Waals surface area contributed by atoms with Crippen molar-refractivity contribution >= 4 is 15.9 Å². The molecule has 3 rings (SSSR count). The number of nitrogens with zero attached hydrogens (tertiary/aromatic N) is 1. The van der Waals surface area contributed by atoms with Crippen LogP contribution in [0.25, 0.3) is 0 Å². The van der Waals surface area contributed by atoms with Crippen LogP contribution in [0, 0.1) is 5.82 Å². The highest BCUT2D eigenvalue weighted by Crippen LogP contribution is 2.32. The molecule has 162 valence electrons. The van der Waals surface area contributed by atoms with E-state index in [1.54, 1.807) is 43.9 Å². The summed E-state index contributed by atoms with van der Waals surface area (Å²) in [5, 5.41) is 0. The number of sulfonamides is 1. The molecule has 2 aromatic rings. The number of halogens is 1. The van der Waals surface area contributed by atoms with E-state index in [-0.39, 0.29) is 40.5 Å². The second-order valence-corrected chi connectivity index (χ2v) is 10.1. The molecule has 1 fully saturated rings. The Morgan fingerprint density at radius 2 is 1.87 bits per heavy atom. The number of hydrogen-bond acceptors (Lipinski definition) is 4. The van der Waals surface area contributed by atoms with Crippen LogP contribution < -0.4 is 9.46 Å². The number of carbonyl (C=O) groups excluding carboxylic acids is 1. The molecule has 8 heteroatoms. The van der Waals surface area contributed by atoms with Crippen molar-refractivity contribution in [1.82, 2.24) is 9.62 Å². The molecule has 6 nitrogen and oxygen atoms in total. The highest BCUT2D eigenvalue weighted by molar-refractivity contribution is 7.89. The molecule has 0 bridgehead atoms. The zero-order chi connectivity index (χ0) is 22.1. The van der Waals surface area contributed by atoms with Gasteiger partial charge in [-0.05, 0) is 57.9 Å². The average Bonchev–Trinajstić information content (AvgIpc) is 3.49. The molecule has 1 aliphatic carbocycles. The largest absolute Gasteiger partial charge is 0.495 e. The quantitative estimate of drug-likeness (QED) is 0.721. The fourth-order valence-corrected chi connectivity index (χ4v) is 4.82. The molecule has 0 heterocycles. The molecule has 1 amide bonds. The fourth-order valence-electron chi connectivity index (χ4n) is 3.21. The van der Waals surface area contributed by atoms with Crippen molar-refractivity contribution in [3.8, 4) is 5.75 Å². The van der Waals surface area contributed by atoms with E-state index in [1.165, 1.54) is 31.4 Å². The lowest BCUT2D eigenvalue weighted by Gasteiger charge is -2.24. The second-order valence-electron chi connectivity index (χ2n) is 8.48. The van der Waals surface area contributed by atoms with Gasteiger partial charge in [-0.1, -0.05) is 18.2 Å². The summed E-state index contributed by atoms with van der Waals surface area (Å²) < 4.78 is 47.7. The first-order chi connectivity index (χ1) is 14.0. The number of benzene rings is 2. The van der Waals surface area contributed by atoms with E-state index in [1.807, 2.05) is 0 Å². The van der Waals surface area contributed by atoms with E-state index in [4.69, 9.17) is 4.74 Å². The van der Waals surface area contributed by atoms with Crippen LogP contribution in [-0.4, -0.2) is 37.9 Å². The molecular weight excluding hydrogens is 407 g/mol. The summed E-state index contributed by atoms with van der Waals surface area (Å²) in [6, 6.07) is 10.7. The Labute approximate surface area is 177 Å². The van der Waals surface area contributed by atoms with E-state index in [2.05, 4.69) is 4.72 Å². The lowest BCUT2D eigenvalue weighted by atomic mass is 10.1. The van der Waals surface area contributed by atoms with Gasteiger partial charge in [0.1, 0.15) is 16.5 Å². The lowest BCUT2D eigenvalue weighted by molar-refractivity contribution is 0.0728. The summed E-state index contributed by atoms with van der Waals surface area (Å²) in [6.07, 6.45) is 1.68. The normalized spacial score (nSPS) is 14.4. The minimum atomic E-state index is -3.92. The summed E-state index contributed by atoms with van der Waals surface area (Å²) in [7, 11) is -2.54. The molecule has 1 aliphatic rings. The third-order valence-electron chi connectivity index (χ3n) is 4.69. The molecule has 0 atom stereocenters. The Bertz CT molecular complexity index is 1040. The monoisotopic (exact) mass is 434 g/mol. The van der Waals surface area contributed by atoms with Crippen molar-refractivity contribution in [1.29, 1.82) is 0 Å². The van der Waals surface area contributed by atoms with Gasteiger partial charge in [0.25, 0.3) is 5.91 Å². The number of rotatable bonds is 7. The van der Waals surface area contributed by atoms with E-state index in [0.29, 0.717) is 5.56 Å². The highest BCUT2D eigenvalue weighted by Gasteiger charge is 2.34. The summed E-state index contributed by atoms with van der Waals surface area (Å²) in [5.74, 6) is -0.561. The molecule has 0 aliphatic heterocycles. The van der Waals surface area contributed by atoms with Gasteiger partial charge in [-0.15, -0.1) is 0 Å². The van der Waals surface area contributed by atoms with Crippen molar-refractivity contribution in [3.05, 3.63) is 59.4 Å². The first-order valence-corrected chi connectivity index (χ1v) is 11.3. The molecule has 0 radical (unpaired) electrons. The van der Waals surface area contributed by atoms with Crippen LogP contribution in [0.3, 0.4) is 0 Å². The number of methoxy groups -OCH3 is 1. The summed E-state index contributed by atoms with van der Waals surface area (Å²) in [4.78, 5) is 14.8. The molecule has 0 unspecified atom stereocenters. The van der Waals surface area contributed by atoms with Gasteiger partial charge >= 0.3 is 0 Å². The SMILES string of the molecule is COc1ccc(C(=O)N(Cc2ccccc2F)C2CC2)cc1S(=O)(=O)NC(C)(C)C. The van der Waals surface area contributed by atoms with Crippen LogP contribution in [0.2, 0.25) is 0 Å². The van der Waals surface area contributed by atoms with Gasteiger partial charge in [0, 0.05) is 29.3 Å². The maximum Gasteiger partial charge on any atom is 0.254 e. The summed E-state index contributed by atoms with van der Waals surface area (Å²) >= 11 is 0. The number of ether oxygens (including phenoxy) is 1. The summed E-state index contributed by atoms with van der Waals surface area (Å²) in [6.45, 7) is 5.32. The van der Waals surface area contributed by atoms with E-state index in [9.17, 15) is 17.6 Å². The van der Waals surface area contributed by atoms with E-state index < -0.39 is 15.6 Å². The Morgan fingerprint density at radius 1 is 1.20 bits per heavy atom. The van der Waals surface area contributed by atoms with Crippen LogP contribution >= 0.6 is 0 Å². The van der Waals surface area contributed by atoms with Crippen molar-refractivity contribution in [2.24, 2.45) is 0 Å². The number of hydrogen-bond donors (Lipinski definition) is 1. The Morgan fingerprint density at radius 3 is 2.43 bits per heavy atom. The van der Waals surface area contributed by atoms with Crippen LogP contribution in [0.4, 0.5) is 4.39 Å². The molecule has 0 spiro atoms. The number of nitrogens with one attached hydrogen (secondary N) is 1. The average molecular weight is 435 g/mol. The van der Waals surface area contributed by atoms with Gasteiger partial charge in [0.05, 0.1) is 7.11 Å². The zero-order valence-electron chi connectivity index (χ0n) is 17.6. The van der Waals surface area contributed by atoms with Crippen molar-refractivity contribution in [2.45, 2.75) is 56.6 Å². The van der Waals surface area contributed by atoms with Gasteiger partial charge in [0.15, 0.2) is 0 Å². The minimum Gasteiger partial charge on any atom is -0.495 e. The zero-order valence-corrected chi connectivity index (χ0v) is 18.4. The Kier molecular flexibility index (Phi) is 6.19. The number of carbonyl (C=O) groups is 1. The predicted molar refractivity (Wildman–Crippen MR) is 112 cm³/mol. The van der Waals surface area contributed by atoms with Gasteiger partial charge in [-0.3, -0.25) is 4.79 Å². The van der Waals surface area contributed by atoms with Crippen molar-refractivity contribution < 1.29 is 22.3 Å². The first-order valence-electron chi connectivity index (χ1n) is 9.78. The van der Waals surface area contributed by atoms with Crippen molar-refractivity contribution in [2.75, 3.05) is 7.11 Å². The van der Waals surface area contributed by atoms with Gasteiger partial charge in [0.2, 0.25) is 10.0 Å². The van der Waals surface area contributed by atoms with Gasteiger partial charge in [-0.2, -0.15) is 0 Å². The molecule has 1 N–H and O–H groups in total. The maximum absolute atomic E-state index is 14.1. The topological polar surface area (TPSA) is 75.7 Å². The van der Waals surface area contributed by atoms with Crippen LogP contribution in [0.15, 0.2) is 47.4 Å². The Balaban J connectivity index is 1.96. The minimum absolute atomic E-state index is 0.0203. The third kappa shape index (κ3) is 5.17. The molecule has 0 aromatic heterocycles. The maximum atomic E-state index is 14.1. The van der Waals surface area contributed by atoms with Crippen molar-refractivity contribution in [3.63, 3.8) is 0 Å². The number of amides is 1. The second kappa shape index (κ2) is 8.35. The fraction of sp³-hybridized carbons (Fsp3) is 0.409. The van der Waals surface area contributed by atoms with Crippen LogP contribution in [0.1, 0.15) is 49.5 Å². The smallest absolute Gasteiger partial charge is 0.254 e. The Hall–Kier alpha value is -2.45. The summed E-state index contributed by atoms with van der Waals surface area (Å²) in [5.41, 5.74) is -0.0591. The van der Waals surface area contributed by atoms with E-state index in [0.717, 1.165) is 12.8 Å². The van der Waals surface area contributed by atoms with Gasteiger partial charge in [-0.25, -0.2) is 17.5 Å². The van der Waals surface area contributed by atoms with Crippen LogP contribution in [0.5, 0.6) is 5.75 Å². The van der Waals surface area contributed by atoms with Gasteiger partial charge < -0.3 is 9.64 Å². The molecular formula is C22H27FN2O4S. The third-order valence-corrected chi connectivity index (χ3v) is 6.47. The first kappa shape index (κ1) is 22.2. The molecule has 1 saturated carbocycles. The highest BCUT2D eigenvalue weighted by atomic mass is 32.2. The van der Waals surface area contributed by atoms with Crippen LogP contribution in [-0.2, 0) is 16.6 Å². The molecule has 0 saturated heterocycles.